The van der Waals surface area contributed by atoms with E-state index in [9.17, 15) is 4.79 Å². The lowest BCUT2D eigenvalue weighted by Crippen LogP contribution is -2.23. The van der Waals surface area contributed by atoms with Crippen LogP contribution < -0.4 is 5.32 Å². The van der Waals surface area contributed by atoms with Crippen LogP contribution in [0.4, 0.5) is 5.69 Å². The number of nitrogens with zero attached hydrogens (tertiary/aromatic N) is 1. The standard InChI is InChI=1S/C15H20N2O2/c1-15(2,9-6-10-16)11-17-13-8-5-4-7-12(13)14(18)19-3/h4-5,7-8,17H,6,9,11H2,1-3H3. The zero-order valence-corrected chi connectivity index (χ0v) is 11.7. The summed E-state index contributed by atoms with van der Waals surface area (Å²) in [6.45, 7) is 4.89. The van der Waals surface area contributed by atoms with Gasteiger partial charge in [-0.05, 0) is 24.0 Å². The minimum atomic E-state index is -0.349. The lowest BCUT2D eigenvalue weighted by Gasteiger charge is -2.25. The molecule has 0 aliphatic heterocycles. The van der Waals surface area contributed by atoms with E-state index in [0.29, 0.717) is 18.5 Å². The van der Waals surface area contributed by atoms with Gasteiger partial charge in [-0.25, -0.2) is 4.79 Å². The Bertz CT molecular complexity index is 475. The Morgan fingerprint density at radius 2 is 2.11 bits per heavy atom. The number of carbonyl (C=O) groups is 1. The van der Waals surface area contributed by atoms with Crippen LogP contribution in [0.2, 0.25) is 0 Å². The number of esters is 1. The van der Waals surface area contributed by atoms with Crippen molar-refractivity contribution >= 4 is 11.7 Å². The number of para-hydroxylation sites is 1. The van der Waals surface area contributed by atoms with E-state index in [2.05, 4.69) is 25.2 Å². The van der Waals surface area contributed by atoms with Crippen LogP contribution >= 0.6 is 0 Å². The predicted molar refractivity (Wildman–Crippen MR) is 74.9 cm³/mol. The normalized spacial score (nSPS) is 10.6. The van der Waals surface area contributed by atoms with Crippen molar-refractivity contribution in [3.63, 3.8) is 0 Å². The van der Waals surface area contributed by atoms with Gasteiger partial charge in [0.2, 0.25) is 0 Å². The summed E-state index contributed by atoms with van der Waals surface area (Å²) in [6, 6.07) is 9.42. The Balaban J connectivity index is 2.73. The minimum Gasteiger partial charge on any atom is -0.465 e. The molecular weight excluding hydrogens is 240 g/mol. The maximum absolute atomic E-state index is 11.6. The summed E-state index contributed by atoms with van der Waals surface area (Å²) in [6.07, 6.45) is 1.35. The Labute approximate surface area is 114 Å². The quantitative estimate of drug-likeness (QED) is 0.798. The van der Waals surface area contributed by atoms with E-state index in [1.165, 1.54) is 7.11 Å². The van der Waals surface area contributed by atoms with E-state index in [-0.39, 0.29) is 11.4 Å². The summed E-state index contributed by atoms with van der Waals surface area (Å²) >= 11 is 0. The SMILES string of the molecule is COC(=O)c1ccccc1NCC(C)(C)CCC#N. The smallest absolute Gasteiger partial charge is 0.339 e. The minimum absolute atomic E-state index is 0.00103. The first kappa shape index (κ1) is 15.0. The van der Waals surface area contributed by atoms with Crippen molar-refractivity contribution in [3.8, 4) is 6.07 Å². The highest BCUT2D eigenvalue weighted by molar-refractivity contribution is 5.95. The maximum atomic E-state index is 11.6. The summed E-state index contributed by atoms with van der Waals surface area (Å²) in [5, 5.41) is 11.9. The Hall–Kier alpha value is -2.02. The number of nitrogens with one attached hydrogen (secondary N) is 1. The summed E-state index contributed by atoms with van der Waals surface area (Å²) in [5.74, 6) is -0.349. The van der Waals surface area contributed by atoms with Crippen LogP contribution in [0, 0.1) is 16.7 Å². The third-order valence-corrected chi connectivity index (χ3v) is 3.00. The van der Waals surface area contributed by atoms with Gasteiger partial charge in [0.1, 0.15) is 0 Å². The van der Waals surface area contributed by atoms with Gasteiger partial charge in [-0.15, -0.1) is 0 Å². The van der Waals surface area contributed by atoms with Crippen LogP contribution in [0.1, 0.15) is 37.0 Å². The van der Waals surface area contributed by atoms with Crippen LogP contribution in [0.25, 0.3) is 0 Å². The van der Waals surface area contributed by atoms with E-state index < -0.39 is 0 Å². The van der Waals surface area contributed by atoms with Crippen LogP contribution in [-0.2, 0) is 4.74 Å². The van der Waals surface area contributed by atoms with Crippen molar-refractivity contribution in [3.05, 3.63) is 29.8 Å². The summed E-state index contributed by atoms with van der Waals surface area (Å²) in [5.41, 5.74) is 1.29. The highest BCUT2D eigenvalue weighted by atomic mass is 16.5. The van der Waals surface area contributed by atoms with Gasteiger partial charge in [0.05, 0.1) is 18.7 Å². The highest BCUT2D eigenvalue weighted by Gasteiger charge is 2.18. The molecule has 0 saturated heterocycles. The Morgan fingerprint density at radius 3 is 2.74 bits per heavy atom. The van der Waals surface area contributed by atoms with E-state index in [4.69, 9.17) is 10.00 Å². The lowest BCUT2D eigenvalue weighted by molar-refractivity contribution is 0.0601. The molecule has 0 fully saturated rings. The topological polar surface area (TPSA) is 62.1 Å². The monoisotopic (exact) mass is 260 g/mol. The number of nitriles is 1. The molecule has 0 atom stereocenters. The van der Waals surface area contributed by atoms with Crippen molar-refractivity contribution in [2.45, 2.75) is 26.7 Å². The van der Waals surface area contributed by atoms with Crippen LogP contribution in [-0.4, -0.2) is 19.6 Å². The van der Waals surface area contributed by atoms with Crippen molar-refractivity contribution in [1.29, 1.82) is 5.26 Å². The Kier molecular flexibility index (Phi) is 5.37. The number of hydrogen-bond acceptors (Lipinski definition) is 4. The van der Waals surface area contributed by atoms with Gasteiger partial charge in [-0.1, -0.05) is 26.0 Å². The molecule has 4 heteroatoms. The molecule has 1 aromatic rings. The third-order valence-electron chi connectivity index (χ3n) is 3.00. The molecule has 1 aromatic carbocycles. The number of ether oxygens (including phenoxy) is 1. The molecule has 0 spiro atoms. The first-order valence-electron chi connectivity index (χ1n) is 6.28. The van der Waals surface area contributed by atoms with Gasteiger partial charge in [0, 0.05) is 18.7 Å². The van der Waals surface area contributed by atoms with E-state index in [1.807, 2.05) is 12.1 Å². The molecule has 0 aliphatic rings. The maximum Gasteiger partial charge on any atom is 0.339 e. The predicted octanol–water partition coefficient (Wildman–Crippen LogP) is 3.22. The van der Waals surface area contributed by atoms with Gasteiger partial charge >= 0.3 is 5.97 Å². The van der Waals surface area contributed by atoms with E-state index >= 15 is 0 Å². The van der Waals surface area contributed by atoms with E-state index in [1.54, 1.807) is 12.1 Å². The van der Waals surface area contributed by atoms with Gasteiger partial charge in [-0.2, -0.15) is 5.26 Å². The van der Waals surface area contributed by atoms with Crippen molar-refractivity contribution in [1.82, 2.24) is 0 Å². The van der Waals surface area contributed by atoms with Gasteiger partial charge in [0.15, 0.2) is 0 Å². The van der Waals surface area contributed by atoms with Crippen molar-refractivity contribution < 1.29 is 9.53 Å². The molecular formula is C15H20N2O2. The fourth-order valence-corrected chi connectivity index (χ4v) is 1.74. The molecule has 19 heavy (non-hydrogen) atoms. The second-order valence-corrected chi connectivity index (χ2v) is 5.21. The molecule has 0 aromatic heterocycles. The zero-order valence-electron chi connectivity index (χ0n) is 11.7. The fraction of sp³-hybridized carbons (Fsp3) is 0.467. The summed E-state index contributed by atoms with van der Waals surface area (Å²) in [4.78, 5) is 11.6. The van der Waals surface area contributed by atoms with Gasteiger partial charge in [-0.3, -0.25) is 0 Å². The first-order chi connectivity index (χ1) is 9.00. The molecule has 0 saturated carbocycles. The number of rotatable bonds is 6. The highest BCUT2D eigenvalue weighted by Crippen LogP contribution is 2.24. The molecule has 0 aliphatic carbocycles. The zero-order chi connectivity index (χ0) is 14.3. The van der Waals surface area contributed by atoms with Crippen LogP contribution in [0.5, 0.6) is 0 Å². The molecule has 0 unspecified atom stereocenters. The van der Waals surface area contributed by atoms with Gasteiger partial charge < -0.3 is 10.1 Å². The molecule has 102 valence electrons. The third kappa shape index (κ3) is 4.63. The van der Waals surface area contributed by atoms with Crippen LogP contribution in [0.3, 0.4) is 0 Å². The number of hydrogen-bond donors (Lipinski definition) is 1. The second-order valence-electron chi connectivity index (χ2n) is 5.21. The number of methoxy groups -OCH3 is 1. The Morgan fingerprint density at radius 1 is 1.42 bits per heavy atom. The molecule has 1 rings (SSSR count). The number of anilines is 1. The number of carbonyl (C=O) groups excluding carboxylic acids is 1. The van der Waals surface area contributed by atoms with Crippen LogP contribution in [0.15, 0.2) is 24.3 Å². The van der Waals surface area contributed by atoms with Crippen molar-refractivity contribution in [2.75, 3.05) is 19.0 Å². The molecule has 0 heterocycles. The van der Waals surface area contributed by atoms with E-state index in [0.717, 1.165) is 12.1 Å². The largest absolute Gasteiger partial charge is 0.465 e. The molecule has 0 amide bonds. The molecule has 0 radical (unpaired) electrons. The molecule has 4 nitrogen and oxygen atoms in total. The average molecular weight is 260 g/mol. The molecule has 1 N–H and O–H groups in total. The first-order valence-corrected chi connectivity index (χ1v) is 6.28. The average Bonchev–Trinajstić information content (AvgIpc) is 2.42. The van der Waals surface area contributed by atoms with Gasteiger partial charge in [0.25, 0.3) is 0 Å². The summed E-state index contributed by atoms with van der Waals surface area (Å²) in [7, 11) is 1.37. The summed E-state index contributed by atoms with van der Waals surface area (Å²) < 4.78 is 4.75. The second kappa shape index (κ2) is 6.79. The number of benzene rings is 1. The fourth-order valence-electron chi connectivity index (χ4n) is 1.74. The van der Waals surface area contributed by atoms with Crippen molar-refractivity contribution in [2.24, 2.45) is 5.41 Å². The molecule has 0 bridgehead atoms. The lowest BCUT2D eigenvalue weighted by atomic mass is 9.88.